The lowest BCUT2D eigenvalue weighted by Crippen LogP contribution is -2.25. The maximum absolute atomic E-state index is 12.4. The van der Waals surface area contributed by atoms with E-state index in [4.69, 9.17) is 0 Å². The topological polar surface area (TPSA) is 57.8 Å². The Morgan fingerprint density at radius 1 is 1.17 bits per heavy atom. The average Bonchev–Trinajstić information content (AvgIpc) is 3.10. The van der Waals surface area contributed by atoms with Gasteiger partial charge in [-0.1, -0.05) is 30.7 Å². The maximum Gasteiger partial charge on any atom is 0.220 e. The largest absolute Gasteiger partial charge is 0.350 e. The molecule has 0 bridgehead atoms. The van der Waals surface area contributed by atoms with Gasteiger partial charge in [0.1, 0.15) is 0 Å². The normalized spacial score (nSPS) is 19.4. The number of benzene rings is 1. The average molecular weight is 323 g/mol. The molecule has 2 aliphatic rings. The van der Waals surface area contributed by atoms with Crippen molar-refractivity contribution < 1.29 is 4.79 Å². The van der Waals surface area contributed by atoms with Crippen molar-refractivity contribution in [1.82, 2.24) is 15.5 Å². The van der Waals surface area contributed by atoms with Gasteiger partial charge in [-0.05, 0) is 61.1 Å². The van der Waals surface area contributed by atoms with Gasteiger partial charge in [0.25, 0.3) is 0 Å². The second kappa shape index (κ2) is 6.80. The van der Waals surface area contributed by atoms with Crippen molar-refractivity contribution in [3.8, 4) is 0 Å². The minimum Gasteiger partial charge on any atom is -0.350 e. The first kappa shape index (κ1) is 15.4. The molecule has 126 valence electrons. The molecule has 0 spiro atoms. The SMILES string of the molecule is O=C(CC1CCc2ccccc21)NCc1n[nH]c2c1CCCCC2. The van der Waals surface area contributed by atoms with Crippen LogP contribution < -0.4 is 5.32 Å². The highest BCUT2D eigenvalue weighted by Crippen LogP contribution is 2.35. The Bertz CT molecular complexity index is 734. The van der Waals surface area contributed by atoms with E-state index in [0.29, 0.717) is 18.9 Å². The van der Waals surface area contributed by atoms with E-state index in [1.807, 2.05) is 0 Å². The Balaban J connectivity index is 1.35. The Morgan fingerprint density at radius 2 is 2.04 bits per heavy atom. The molecule has 2 N–H and O–H groups in total. The molecular weight excluding hydrogens is 298 g/mol. The van der Waals surface area contributed by atoms with Crippen LogP contribution in [0.1, 0.15) is 66.1 Å². The first-order valence-corrected chi connectivity index (χ1v) is 9.21. The first-order chi connectivity index (χ1) is 11.8. The quantitative estimate of drug-likeness (QED) is 0.847. The number of carbonyl (C=O) groups is 1. The van der Waals surface area contributed by atoms with Gasteiger partial charge in [-0.3, -0.25) is 9.89 Å². The number of amides is 1. The van der Waals surface area contributed by atoms with Crippen LogP contribution in [0.25, 0.3) is 0 Å². The van der Waals surface area contributed by atoms with E-state index >= 15 is 0 Å². The van der Waals surface area contributed by atoms with Crippen LogP contribution in [0.15, 0.2) is 24.3 Å². The fourth-order valence-corrected chi connectivity index (χ4v) is 4.21. The van der Waals surface area contributed by atoms with Gasteiger partial charge in [-0.2, -0.15) is 5.10 Å². The van der Waals surface area contributed by atoms with Crippen LogP contribution in [0.4, 0.5) is 0 Å². The monoisotopic (exact) mass is 323 g/mol. The van der Waals surface area contributed by atoms with Crippen LogP contribution in [-0.4, -0.2) is 16.1 Å². The molecule has 0 saturated carbocycles. The Kier molecular flexibility index (Phi) is 4.37. The molecule has 24 heavy (non-hydrogen) atoms. The summed E-state index contributed by atoms with van der Waals surface area (Å²) >= 11 is 0. The standard InChI is InChI=1S/C20H25N3O/c24-20(12-15-11-10-14-6-4-5-7-16(14)15)21-13-19-17-8-2-1-3-9-18(17)22-23-19/h4-7,15H,1-3,8-13H2,(H,21,24)(H,22,23). The highest BCUT2D eigenvalue weighted by Gasteiger charge is 2.24. The number of aryl methyl sites for hydroxylation is 2. The van der Waals surface area contributed by atoms with E-state index < -0.39 is 0 Å². The van der Waals surface area contributed by atoms with Crippen molar-refractivity contribution >= 4 is 5.91 Å². The van der Waals surface area contributed by atoms with E-state index in [2.05, 4.69) is 39.8 Å². The zero-order chi connectivity index (χ0) is 16.4. The minimum atomic E-state index is 0.141. The number of aromatic nitrogens is 2. The third-order valence-electron chi connectivity index (χ3n) is 5.53. The van der Waals surface area contributed by atoms with Crippen LogP contribution in [-0.2, 0) is 30.6 Å². The molecule has 2 aromatic rings. The van der Waals surface area contributed by atoms with Crippen LogP contribution in [0.5, 0.6) is 0 Å². The molecule has 0 fully saturated rings. The highest BCUT2D eigenvalue weighted by molar-refractivity contribution is 5.77. The third-order valence-corrected chi connectivity index (χ3v) is 5.53. The number of nitrogens with one attached hydrogen (secondary N) is 2. The summed E-state index contributed by atoms with van der Waals surface area (Å²) in [4.78, 5) is 12.4. The van der Waals surface area contributed by atoms with Crippen molar-refractivity contribution in [3.05, 3.63) is 52.3 Å². The molecule has 1 aromatic carbocycles. The number of nitrogens with zero attached hydrogens (tertiary/aromatic N) is 1. The molecule has 0 saturated heterocycles. The Morgan fingerprint density at radius 3 is 3.00 bits per heavy atom. The zero-order valence-corrected chi connectivity index (χ0v) is 14.1. The Labute approximate surface area is 143 Å². The van der Waals surface area contributed by atoms with E-state index in [1.54, 1.807) is 0 Å². The van der Waals surface area contributed by atoms with Gasteiger partial charge in [0.05, 0.1) is 12.2 Å². The summed E-state index contributed by atoms with van der Waals surface area (Å²) < 4.78 is 0. The predicted octanol–water partition coefficient (Wildman–Crippen LogP) is 3.41. The number of rotatable bonds is 4. The molecule has 1 unspecified atom stereocenters. The molecule has 2 aliphatic carbocycles. The fourth-order valence-electron chi connectivity index (χ4n) is 4.21. The van der Waals surface area contributed by atoms with Crippen molar-refractivity contribution in [1.29, 1.82) is 0 Å². The number of carbonyl (C=O) groups excluding carboxylic acids is 1. The summed E-state index contributed by atoms with van der Waals surface area (Å²) in [6, 6.07) is 8.53. The molecule has 1 aromatic heterocycles. The second-order valence-corrected chi connectivity index (χ2v) is 7.10. The first-order valence-electron chi connectivity index (χ1n) is 9.21. The van der Waals surface area contributed by atoms with E-state index in [0.717, 1.165) is 31.4 Å². The van der Waals surface area contributed by atoms with Gasteiger partial charge in [0.2, 0.25) is 5.91 Å². The molecule has 0 radical (unpaired) electrons. The van der Waals surface area contributed by atoms with Crippen molar-refractivity contribution in [2.75, 3.05) is 0 Å². The van der Waals surface area contributed by atoms with Crippen LogP contribution in [0.2, 0.25) is 0 Å². The molecule has 1 amide bonds. The summed E-state index contributed by atoms with van der Waals surface area (Å²) in [5.74, 6) is 0.513. The number of hydrogen-bond acceptors (Lipinski definition) is 2. The van der Waals surface area contributed by atoms with E-state index in [1.165, 1.54) is 41.6 Å². The molecule has 4 nitrogen and oxygen atoms in total. The number of aromatic amines is 1. The van der Waals surface area contributed by atoms with Crippen LogP contribution >= 0.6 is 0 Å². The van der Waals surface area contributed by atoms with Gasteiger partial charge in [-0.15, -0.1) is 0 Å². The number of fused-ring (bicyclic) bond motifs is 2. The van der Waals surface area contributed by atoms with E-state index in [9.17, 15) is 4.79 Å². The lowest BCUT2D eigenvalue weighted by molar-refractivity contribution is -0.121. The van der Waals surface area contributed by atoms with Gasteiger partial charge >= 0.3 is 0 Å². The maximum atomic E-state index is 12.4. The molecular formula is C20H25N3O. The van der Waals surface area contributed by atoms with E-state index in [-0.39, 0.29) is 5.91 Å². The highest BCUT2D eigenvalue weighted by atomic mass is 16.1. The van der Waals surface area contributed by atoms with Crippen LogP contribution in [0.3, 0.4) is 0 Å². The molecule has 4 heteroatoms. The second-order valence-electron chi connectivity index (χ2n) is 7.10. The summed E-state index contributed by atoms with van der Waals surface area (Å²) in [5, 5.41) is 10.7. The van der Waals surface area contributed by atoms with Gasteiger partial charge in [0.15, 0.2) is 0 Å². The molecule has 1 atom stereocenters. The van der Waals surface area contributed by atoms with Crippen molar-refractivity contribution in [2.45, 2.75) is 63.8 Å². The van der Waals surface area contributed by atoms with Gasteiger partial charge < -0.3 is 5.32 Å². The lowest BCUT2D eigenvalue weighted by Gasteiger charge is -2.11. The lowest BCUT2D eigenvalue weighted by atomic mass is 9.97. The molecule has 1 heterocycles. The zero-order valence-electron chi connectivity index (χ0n) is 14.1. The summed E-state index contributed by atoms with van der Waals surface area (Å²) in [6.07, 6.45) is 8.71. The third kappa shape index (κ3) is 3.10. The minimum absolute atomic E-state index is 0.141. The summed E-state index contributed by atoms with van der Waals surface area (Å²) in [7, 11) is 0. The molecule has 0 aliphatic heterocycles. The van der Waals surface area contributed by atoms with Crippen molar-refractivity contribution in [3.63, 3.8) is 0 Å². The van der Waals surface area contributed by atoms with Gasteiger partial charge in [-0.25, -0.2) is 0 Å². The smallest absolute Gasteiger partial charge is 0.220 e. The fraction of sp³-hybridized carbons (Fsp3) is 0.500. The van der Waals surface area contributed by atoms with Gasteiger partial charge in [0, 0.05) is 12.1 Å². The number of H-pyrrole nitrogens is 1. The Hall–Kier alpha value is -2.10. The van der Waals surface area contributed by atoms with Crippen molar-refractivity contribution in [2.24, 2.45) is 0 Å². The molecule has 4 rings (SSSR count). The summed E-state index contributed by atoms with van der Waals surface area (Å²) in [5.41, 5.74) is 6.43. The summed E-state index contributed by atoms with van der Waals surface area (Å²) in [6.45, 7) is 0.555. The predicted molar refractivity (Wildman–Crippen MR) is 93.8 cm³/mol. The van der Waals surface area contributed by atoms with Crippen LogP contribution in [0, 0.1) is 0 Å². The number of hydrogen-bond donors (Lipinski definition) is 2.